The number of anilines is 1. The third kappa shape index (κ3) is 1.80. The predicted octanol–water partition coefficient (Wildman–Crippen LogP) is -1.10. The molecule has 0 radical (unpaired) electrons. The Kier molecular flexibility index (Phi) is 1.76. The lowest BCUT2D eigenvalue weighted by molar-refractivity contribution is 0.436. The van der Waals surface area contributed by atoms with Crippen molar-refractivity contribution in [1.82, 2.24) is 15.0 Å². The fourth-order valence-electron chi connectivity index (χ4n) is 1.44. The van der Waals surface area contributed by atoms with E-state index in [2.05, 4.69) is 10.3 Å². The van der Waals surface area contributed by atoms with Crippen molar-refractivity contribution in [3.05, 3.63) is 6.20 Å². The number of hydrogen-bond donors (Lipinski definition) is 1. The first kappa shape index (κ1) is 8.49. The van der Waals surface area contributed by atoms with E-state index in [1.165, 1.54) is 0 Å². The molecule has 2 N–H and O–H groups in total. The van der Waals surface area contributed by atoms with E-state index in [1.54, 1.807) is 10.9 Å². The normalized spacial score (nSPS) is 21.2. The topological polar surface area (TPSA) is 90.9 Å². The molecule has 0 aliphatic carbocycles. The summed E-state index contributed by atoms with van der Waals surface area (Å²) in [4.78, 5) is 0. The molecule has 0 atom stereocenters. The molecule has 72 valence electrons. The molecule has 1 aromatic rings. The Morgan fingerprint density at radius 3 is 2.77 bits per heavy atom. The van der Waals surface area contributed by atoms with Gasteiger partial charge in [-0.15, -0.1) is 5.10 Å². The van der Waals surface area contributed by atoms with E-state index >= 15 is 0 Å². The minimum atomic E-state index is -2.74. The van der Waals surface area contributed by atoms with E-state index < -0.39 is 9.84 Å². The number of aromatic nitrogens is 3. The molecule has 0 aromatic carbocycles. The van der Waals surface area contributed by atoms with E-state index in [0.29, 0.717) is 12.4 Å². The van der Waals surface area contributed by atoms with Gasteiger partial charge in [-0.1, -0.05) is 5.21 Å². The van der Waals surface area contributed by atoms with E-state index in [0.717, 1.165) is 0 Å². The number of rotatable bonds is 2. The fraction of sp³-hybridized carbons (Fsp3) is 0.667. The summed E-state index contributed by atoms with van der Waals surface area (Å²) in [5.41, 5.74) is 5.35. The van der Waals surface area contributed by atoms with Crippen LogP contribution < -0.4 is 5.73 Å². The molecule has 1 aliphatic heterocycles. The quantitative estimate of drug-likeness (QED) is 0.657. The van der Waals surface area contributed by atoms with Crippen LogP contribution in [-0.2, 0) is 16.4 Å². The van der Waals surface area contributed by atoms with Gasteiger partial charge in [-0.3, -0.25) is 4.68 Å². The van der Waals surface area contributed by atoms with Gasteiger partial charge in [-0.25, -0.2) is 8.42 Å². The molecule has 13 heavy (non-hydrogen) atoms. The molecule has 0 amide bonds. The summed E-state index contributed by atoms with van der Waals surface area (Å²) >= 11 is 0. The highest BCUT2D eigenvalue weighted by molar-refractivity contribution is 7.92. The van der Waals surface area contributed by atoms with Crippen molar-refractivity contribution in [2.75, 3.05) is 17.2 Å². The second-order valence-corrected chi connectivity index (χ2v) is 5.46. The fourth-order valence-corrected chi connectivity index (χ4v) is 2.99. The van der Waals surface area contributed by atoms with Crippen molar-refractivity contribution < 1.29 is 8.42 Å². The zero-order valence-electron chi connectivity index (χ0n) is 6.92. The highest BCUT2D eigenvalue weighted by Gasteiger charge is 2.33. The van der Waals surface area contributed by atoms with Crippen molar-refractivity contribution in [2.45, 2.75) is 6.54 Å². The van der Waals surface area contributed by atoms with E-state index in [-0.39, 0.29) is 17.4 Å². The Morgan fingerprint density at radius 1 is 1.62 bits per heavy atom. The Labute approximate surface area is 75.6 Å². The van der Waals surface area contributed by atoms with Crippen LogP contribution in [0.3, 0.4) is 0 Å². The summed E-state index contributed by atoms with van der Waals surface area (Å²) in [5.74, 6) is 1.05. The van der Waals surface area contributed by atoms with Crippen molar-refractivity contribution in [2.24, 2.45) is 5.92 Å². The van der Waals surface area contributed by atoms with Crippen molar-refractivity contribution in [3.63, 3.8) is 0 Å². The molecule has 6 nitrogen and oxygen atoms in total. The van der Waals surface area contributed by atoms with Crippen LogP contribution in [0.2, 0.25) is 0 Å². The van der Waals surface area contributed by atoms with Crippen molar-refractivity contribution >= 4 is 15.7 Å². The molecule has 1 aliphatic rings. The third-order valence-corrected chi connectivity index (χ3v) is 3.94. The summed E-state index contributed by atoms with van der Waals surface area (Å²) < 4.78 is 23.2. The number of nitrogens with zero attached hydrogens (tertiary/aromatic N) is 3. The molecule has 1 fully saturated rings. The molecule has 0 unspecified atom stereocenters. The van der Waals surface area contributed by atoms with Gasteiger partial charge < -0.3 is 5.73 Å². The van der Waals surface area contributed by atoms with Gasteiger partial charge in [0.2, 0.25) is 0 Å². The van der Waals surface area contributed by atoms with Gasteiger partial charge in [-0.2, -0.15) is 0 Å². The van der Waals surface area contributed by atoms with Gasteiger partial charge >= 0.3 is 0 Å². The SMILES string of the molecule is Nc1cn(CC2CS(=O)(=O)C2)nn1. The zero-order valence-corrected chi connectivity index (χ0v) is 7.74. The van der Waals surface area contributed by atoms with Gasteiger partial charge in [0.1, 0.15) is 0 Å². The second kappa shape index (κ2) is 2.69. The molecule has 2 rings (SSSR count). The van der Waals surface area contributed by atoms with Crippen molar-refractivity contribution in [3.8, 4) is 0 Å². The first-order chi connectivity index (χ1) is 6.05. The molecule has 7 heteroatoms. The van der Waals surface area contributed by atoms with Crippen LogP contribution in [0.5, 0.6) is 0 Å². The summed E-state index contributed by atoms with van der Waals surface area (Å²) in [6.45, 7) is 0.587. The standard InChI is InChI=1S/C6H10N4O2S/c7-6-2-10(9-8-6)1-5-3-13(11,12)4-5/h2,5H,1,3-4,7H2. The zero-order chi connectivity index (χ0) is 9.47. The maximum atomic E-state index is 10.8. The molecule has 0 bridgehead atoms. The lowest BCUT2D eigenvalue weighted by Crippen LogP contribution is -2.39. The van der Waals surface area contributed by atoms with Crippen LogP contribution in [0, 0.1) is 5.92 Å². The number of nitrogens with two attached hydrogens (primary N) is 1. The third-order valence-electron chi connectivity index (χ3n) is 1.98. The maximum Gasteiger partial charge on any atom is 0.165 e. The molecule has 0 spiro atoms. The molecular weight excluding hydrogens is 192 g/mol. The minimum absolute atomic E-state index is 0.172. The Morgan fingerprint density at radius 2 is 2.31 bits per heavy atom. The van der Waals surface area contributed by atoms with E-state index in [4.69, 9.17) is 5.73 Å². The van der Waals surface area contributed by atoms with Gasteiger partial charge in [0.15, 0.2) is 15.7 Å². The van der Waals surface area contributed by atoms with Crippen LogP contribution in [0.25, 0.3) is 0 Å². The van der Waals surface area contributed by atoms with Crippen LogP contribution >= 0.6 is 0 Å². The van der Waals surface area contributed by atoms with Crippen LogP contribution in [0.15, 0.2) is 6.20 Å². The maximum absolute atomic E-state index is 10.8. The Hall–Kier alpha value is -1.11. The van der Waals surface area contributed by atoms with Gasteiger partial charge in [0.05, 0.1) is 17.7 Å². The molecule has 1 saturated heterocycles. The average molecular weight is 202 g/mol. The predicted molar refractivity (Wildman–Crippen MR) is 46.6 cm³/mol. The summed E-state index contributed by atoms with van der Waals surface area (Å²) in [7, 11) is -2.74. The first-order valence-electron chi connectivity index (χ1n) is 3.91. The number of sulfone groups is 1. The van der Waals surface area contributed by atoms with Gasteiger partial charge in [0.25, 0.3) is 0 Å². The van der Waals surface area contributed by atoms with E-state index in [9.17, 15) is 8.42 Å². The minimum Gasteiger partial charge on any atom is -0.381 e. The number of nitrogen functional groups attached to an aromatic ring is 1. The Balaban J connectivity index is 1.94. The summed E-state index contributed by atoms with van der Waals surface area (Å²) in [6, 6.07) is 0. The first-order valence-corrected chi connectivity index (χ1v) is 5.73. The highest BCUT2D eigenvalue weighted by atomic mass is 32.2. The van der Waals surface area contributed by atoms with Crippen LogP contribution in [0.4, 0.5) is 5.82 Å². The molecule has 0 saturated carbocycles. The highest BCUT2D eigenvalue weighted by Crippen LogP contribution is 2.19. The van der Waals surface area contributed by atoms with Gasteiger partial charge in [0, 0.05) is 12.5 Å². The summed E-state index contributed by atoms with van der Waals surface area (Å²) in [5, 5.41) is 7.34. The number of hydrogen-bond acceptors (Lipinski definition) is 5. The molecular formula is C6H10N4O2S. The second-order valence-electron chi connectivity index (χ2n) is 3.31. The lowest BCUT2D eigenvalue weighted by atomic mass is 10.2. The molecule has 2 heterocycles. The largest absolute Gasteiger partial charge is 0.381 e. The molecule has 1 aromatic heterocycles. The van der Waals surface area contributed by atoms with Crippen LogP contribution in [0.1, 0.15) is 0 Å². The van der Waals surface area contributed by atoms with E-state index in [1.807, 2.05) is 0 Å². The monoisotopic (exact) mass is 202 g/mol. The van der Waals surface area contributed by atoms with Gasteiger partial charge in [-0.05, 0) is 0 Å². The van der Waals surface area contributed by atoms with Crippen molar-refractivity contribution in [1.29, 1.82) is 0 Å². The van der Waals surface area contributed by atoms with Crippen LogP contribution in [-0.4, -0.2) is 34.9 Å². The Bertz CT molecular complexity index is 398. The smallest absolute Gasteiger partial charge is 0.165 e. The lowest BCUT2D eigenvalue weighted by Gasteiger charge is -2.24. The average Bonchev–Trinajstić information content (AvgIpc) is 2.31. The summed E-state index contributed by atoms with van der Waals surface area (Å²) in [6.07, 6.45) is 1.60.